The van der Waals surface area contributed by atoms with Gasteiger partial charge in [0.15, 0.2) is 0 Å². The minimum Gasteiger partial charge on any atom is -0.339 e. The van der Waals surface area contributed by atoms with E-state index < -0.39 is 0 Å². The molecule has 1 saturated carbocycles. The van der Waals surface area contributed by atoms with Crippen LogP contribution in [0, 0.1) is 5.92 Å². The quantitative estimate of drug-likeness (QED) is 0.709. The number of halogens is 1. The van der Waals surface area contributed by atoms with Crippen molar-refractivity contribution in [1.29, 1.82) is 0 Å². The lowest BCUT2D eigenvalue weighted by atomic mass is 9.84. The molecule has 15 heavy (non-hydrogen) atoms. The third kappa shape index (κ3) is 2.38. The molecule has 1 aliphatic heterocycles. The fourth-order valence-electron chi connectivity index (χ4n) is 2.94. The van der Waals surface area contributed by atoms with E-state index in [0.717, 1.165) is 18.9 Å². The predicted octanol–water partition coefficient (Wildman–Crippen LogP) is 2.95. The fraction of sp³-hybridized carbons (Fsp3) is 0.917. The molecule has 0 N–H and O–H groups in total. The van der Waals surface area contributed by atoms with Crippen LogP contribution >= 0.6 is 15.9 Å². The van der Waals surface area contributed by atoms with Gasteiger partial charge in [-0.1, -0.05) is 35.2 Å². The van der Waals surface area contributed by atoms with Gasteiger partial charge in [-0.3, -0.25) is 4.79 Å². The maximum absolute atomic E-state index is 11.9. The van der Waals surface area contributed by atoms with Crippen LogP contribution in [0.3, 0.4) is 0 Å². The van der Waals surface area contributed by atoms with E-state index in [1.807, 2.05) is 0 Å². The van der Waals surface area contributed by atoms with Crippen molar-refractivity contribution >= 4 is 21.8 Å². The smallest absolute Gasteiger partial charge is 0.236 e. The molecule has 0 radical (unpaired) electrons. The Morgan fingerprint density at radius 3 is 2.47 bits per heavy atom. The third-order valence-electron chi connectivity index (χ3n) is 4.00. The number of carbonyl (C=O) groups is 1. The van der Waals surface area contributed by atoms with Gasteiger partial charge in [-0.2, -0.15) is 0 Å². The fourth-order valence-corrected chi connectivity index (χ4v) is 3.41. The van der Waals surface area contributed by atoms with Crippen molar-refractivity contribution in [3.8, 4) is 0 Å². The molecule has 0 aromatic carbocycles. The Hall–Kier alpha value is -0.0500. The second kappa shape index (κ2) is 4.86. The zero-order valence-corrected chi connectivity index (χ0v) is 11.0. The van der Waals surface area contributed by atoms with Crippen LogP contribution in [0.5, 0.6) is 0 Å². The van der Waals surface area contributed by atoms with Crippen LogP contribution in [0.15, 0.2) is 0 Å². The normalized spacial score (nSPS) is 30.9. The highest BCUT2D eigenvalue weighted by atomic mass is 79.9. The lowest BCUT2D eigenvalue weighted by Crippen LogP contribution is -2.41. The van der Waals surface area contributed by atoms with Gasteiger partial charge in [-0.25, -0.2) is 0 Å². The number of alkyl halides is 1. The second-order valence-corrected chi connectivity index (χ2v) is 6.03. The van der Waals surface area contributed by atoms with Crippen molar-refractivity contribution in [3.63, 3.8) is 0 Å². The summed E-state index contributed by atoms with van der Waals surface area (Å²) >= 11 is 3.45. The maximum Gasteiger partial charge on any atom is 0.236 e. The molecule has 0 aromatic rings. The number of hydrogen-bond donors (Lipinski definition) is 0. The van der Waals surface area contributed by atoms with Crippen molar-refractivity contribution in [2.45, 2.75) is 56.3 Å². The van der Waals surface area contributed by atoms with E-state index >= 15 is 0 Å². The molecular formula is C12H20BrNO. The minimum absolute atomic E-state index is 0.0866. The summed E-state index contributed by atoms with van der Waals surface area (Å²) in [6.07, 6.45) is 7.72. The molecule has 2 aliphatic rings. The Morgan fingerprint density at radius 2 is 1.93 bits per heavy atom. The van der Waals surface area contributed by atoms with Crippen molar-refractivity contribution in [2.24, 2.45) is 5.92 Å². The molecule has 1 amide bonds. The number of amides is 1. The molecule has 2 rings (SSSR count). The van der Waals surface area contributed by atoms with Crippen LogP contribution in [0.25, 0.3) is 0 Å². The number of nitrogens with zero attached hydrogens (tertiary/aromatic N) is 1. The molecule has 2 nitrogen and oxygen atoms in total. The van der Waals surface area contributed by atoms with Gasteiger partial charge in [0.25, 0.3) is 0 Å². The molecular weight excluding hydrogens is 254 g/mol. The van der Waals surface area contributed by atoms with Gasteiger partial charge in [0.05, 0.1) is 4.83 Å². The van der Waals surface area contributed by atoms with Gasteiger partial charge in [-0.05, 0) is 32.1 Å². The lowest BCUT2D eigenvalue weighted by Gasteiger charge is -2.34. The summed E-state index contributed by atoms with van der Waals surface area (Å²) in [6, 6.07) is 0.459. The average Bonchev–Trinajstić information content (AvgIpc) is 2.60. The largest absolute Gasteiger partial charge is 0.339 e. The first-order valence-corrected chi connectivity index (χ1v) is 7.06. The molecule has 2 fully saturated rings. The molecule has 1 saturated heterocycles. The lowest BCUT2D eigenvalue weighted by molar-refractivity contribution is -0.130. The number of hydrogen-bond acceptors (Lipinski definition) is 1. The van der Waals surface area contributed by atoms with Crippen LogP contribution < -0.4 is 0 Å². The Labute approximate surface area is 101 Å². The van der Waals surface area contributed by atoms with Crippen molar-refractivity contribution in [1.82, 2.24) is 4.90 Å². The summed E-state index contributed by atoms with van der Waals surface area (Å²) in [4.78, 5) is 14.0. The molecule has 86 valence electrons. The maximum atomic E-state index is 11.9. The summed E-state index contributed by atoms with van der Waals surface area (Å²) in [7, 11) is 0. The monoisotopic (exact) mass is 273 g/mol. The summed E-state index contributed by atoms with van der Waals surface area (Å²) < 4.78 is 0. The minimum atomic E-state index is 0.0866. The molecule has 1 heterocycles. The summed E-state index contributed by atoms with van der Waals surface area (Å²) in [5.41, 5.74) is 0. The highest BCUT2D eigenvalue weighted by Crippen LogP contribution is 2.31. The van der Waals surface area contributed by atoms with Gasteiger partial charge >= 0.3 is 0 Å². The number of rotatable bonds is 2. The topological polar surface area (TPSA) is 20.3 Å². The first kappa shape index (κ1) is 11.4. The summed E-state index contributed by atoms with van der Waals surface area (Å²) in [5, 5.41) is 0. The zero-order valence-electron chi connectivity index (χ0n) is 9.42. The third-order valence-corrected chi connectivity index (χ3v) is 4.85. The first-order chi connectivity index (χ1) is 7.20. The van der Waals surface area contributed by atoms with Crippen LogP contribution in [0.1, 0.15) is 45.4 Å². The molecule has 0 spiro atoms. The van der Waals surface area contributed by atoms with E-state index in [1.165, 1.54) is 32.1 Å². The highest BCUT2D eigenvalue weighted by molar-refractivity contribution is 9.10. The van der Waals surface area contributed by atoms with E-state index in [4.69, 9.17) is 0 Å². The Bertz CT molecular complexity index is 238. The Balaban J connectivity index is 1.94. The van der Waals surface area contributed by atoms with Gasteiger partial charge < -0.3 is 4.90 Å². The van der Waals surface area contributed by atoms with Crippen molar-refractivity contribution < 1.29 is 4.79 Å². The summed E-state index contributed by atoms with van der Waals surface area (Å²) in [6.45, 7) is 3.19. The number of carbonyl (C=O) groups excluding carboxylic acids is 1. The SMILES string of the molecule is CC(C1CCCCC1)N1CCC(Br)C1=O. The predicted molar refractivity (Wildman–Crippen MR) is 65.1 cm³/mol. The van der Waals surface area contributed by atoms with Gasteiger partial charge in [0.1, 0.15) is 0 Å². The molecule has 1 aliphatic carbocycles. The molecule has 3 heteroatoms. The second-order valence-electron chi connectivity index (χ2n) is 4.93. The van der Waals surface area contributed by atoms with Crippen LogP contribution in [0.4, 0.5) is 0 Å². The molecule has 2 unspecified atom stereocenters. The Kier molecular flexibility index (Phi) is 3.70. The van der Waals surface area contributed by atoms with Crippen LogP contribution in [-0.4, -0.2) is 28.2 Å². The first-order valence-electron chi connectivity index (χ1n) is 6.14. The van der Waals surface area contributed by atoms with Crippen molar-refractivity contribution in [2.75, 3.05) is 6.54 Å². The van der Waals surface area contributed by atoms with Gasteiger partial charge in [-0.15, -0.1) is 0 Å². The standard InChI is InChI=1S/C12H20BrNO/c1-9(10-5-3-2-4-6-10)14-8-7-11(13)12(14)15/h9-11H,2-8H2,1H3. The average molecular weight is 274 g/mol. The number of likely N-dealkylation sites (tertiary alicyclic amines) is 1. The van der Waals surface area contributed by atoms with Crippen molar-refractivity contribution in [3.05, 3.63) is 0 Å². The summed E-state index contributed by atoms with van der Waals surface area (Å²) in [5.74, 6) is 1.06. The molecule has 2 atom stereocenters. The van der Waals surface area contributed by atoms with E-state index in [-0.39, 0.29) is 4.83 Å². The van der Waals surface area contributed by atoms with E-state index in [0.29, 0.717) is 11.9 Å². The molecule has 0 aromatic heterocycles. The zero-order chi connectivity index (χ0) is 10.8. The highest BCUT2D eigenvalue weighted by Gasteiger charge is 2.35. The van der Waals surface area contributed by atoms with Crippen LogP contribution in [0.2, 0.25) is 0 Å². The van der Waals surface area contributed by atoms with Gasteiger partial charge in [0.2, 0.25) is 5.91 Å². The van der Waals surface area contributed by atoms with Gasteiger partial charge in [0, 0.05) is 12.6 Å². The van der Waals surface area contributed by atoms with E-state index in [9.17, 15) is 4.79 Å². The molecule has 0 bridgehead atoms. The van der Waals surface area contributed by atoms with E-state index in [1.54, 1.807) is 0 Å². The van der Waals surface area contributed by atoms with E-state index in [2.05, 4.69) is 27.8 Å². The van der Waals surface area contributed by atoms with Crippen LogP contribution in [-0.2, 0) is 4.79 Å². The Morgan fingerprint density at radius 1 is 1.27 bits per heavy atom.